The molecule has 5 nitrogen and oxygen atoms in total. The third-order valence-electron chi connectivity index (χ3n) is 3.81. The molecule has 23 heavy (non-hydrogen) atoms. The topological polar surface area (TPSA) is 66.0 Å². The number of aromatic nitrogens is 3. The molecule has 0 radical (unpaired) electrons. The van der Waals surface area contributed by atoms with Gasteiger partial charge in [0.05, 0.1) is 6.33 Å². The van der Waals surface area contributed by atoms with Gasteiger partial charge in [0.15, 0.2) is 17.3 Å². The molecule has 0 unspecified atom stereocenters. The molecule has 1 aliphatic carbocycles. The van der Waals surface area contributed by atoms with Crippen LogP contribution in [0.4, 0.5) is 8.78 Å². The lowest BCUT2D eigenvalue weighted by Gasteiger charge is -2.07. The highest BCUT2D eigenvalue weighted by Gasteiger charge is 2.49. The Kier molecular flexibility index (Phi) is 4.12. The molecule has 0 spiro atoms. The van der Waals surface area contributed by atoms with E-state index >= 15 is 0 Å². The van der Waals surface area contributed by atoms with Crippen LogP contribution in [-0.4, -0.2) is 27.9 Å². The van der Waals surface area contributed by atoms with Crippen molar-refractivity contribution in [3.63, 3.8) is 0 Å². The lowest BCUT2D eigenvalue weighted by molar-refractivity contribution is 0.290. The number of aryl methyl sites for hydroxylation is 1. The SMILES string of the molecule is Cn1nc(-c2ccc(OC/C(=C/F)CN)cc2)nc1C1(F)CC1. The molecule has 1 aromatic heterocycles. The average Bonchev–Trinajstić information content (AvgIpc) is 3.18. The third kappa shape index (κ3) is 3.24. The molecule has 0 atom stereocenters. The first-order valence-electron chi connectivity index (χ1n) is 7.37. The van der Waals surface area contributed by atoms with Gasteiger partial charge >= 0.3 is 0 Å². The average molecular weight is 320 g/mol. The quantitative estimate of drug-likeness (QED) is 0.888. The monoisotopic (exact) mass is 320 g/mol. The molecule has 122 valence electrons. The summed E-state index contributed by atoms with van der Waals surface area (Å²) in [6.45, 7) is 0.211. The van der Waals surface area contributed by atoms with Gasteiger partial charge in [0.25, 0.3) is 0 Å². The molecule has 1 aromatic carbocycles. The van der Waals surface area contributed by atoms with E-state index in [1.807, 2.05) is 0 Å². The number of ether oxygens (including phenoxy) is 1. The zero-order valence-corrected chi connectivity index (χ0v) is 12.8. The Bertz CT molecular complexity index is 720. The van der Waals surface area contributed by atoms with Gasteiger partial charge in [-0.3, -0.25) is 0 Å². The molecule has 7 heteroatoms. The number of halogens is 2. The Morgan fingerprint density at radius 1 is 1.39 bits per heavy atom. The predicted molar refractivity (Wildman–Crippen MR) is 82.2 cm³/mol. The Labute approximate surface area is 132 Å². The number of benzene rings is 1. The highest BCUT2D eigenvalue weighted by Crippen LogP contribution is 2.48. The Hall–Kier alpha value is -2.28. The van der Waals surface area contributed by atoms with Gasteiger partial charge in [0, 0.05) is 24.7 Å². The molecular formula is C16H18F2N4O. The number of nitrogens with two attached hydrogens (primary N) is 1. The van der Waals surface area contributed by atoms with Crippen LogP contribution in [0.25, 0.3) is 11.4 Å². The Morgan fingerprint density at radius 2 is 2.09 bits per heavy atom. The Balaban J connectivity index is 1.72. The molecule has 1 aliphatic rings. The standard InChI is InChI=1S/C16H18F2N4O/c1-22-15(16(18)6-7-16)20-14(21-22)12-2-4-13(5-3-12)23-10-11(8-17)9-19/h2-5,8H,6-7,9-10,19H2,1H3/b11-8+. The van der Waals surface area contributed by atoms with Crippen molar-refractivity contribution < 1.29 is 13.5 Å². The first-order chi connectivity index (χ1) is 11.1. The van der Waals surface area contributed by atoms with Gasteiger partial charge < -0.3 is 10.5 Å². The summed E-state index contributed by atoms with van der Waals surface area (Å²) in [6, 6.07) is 7.04. The second-order valence-electron chi connectivity index (χ2n) is 5.63. The molecule has 0 saturated heterocycles. The van der Waals surface area contributed by atoms with Crippen molar-refractivity contribution in [2.24, 2.45) is 12.8 Å². The second kappa shape index (κ2) is 6.08. The van der Waals surface area contributed by atoms with E-state index in [2.05, 4.69) is 10.1 Å². The minimum atomic E-state index is -1.32. The normalized spacial score (nSPS) is 16.4. The van der Waals surface area contributed by atoms with Gasteiger partial charge in [-0.05, 0) is 37.1 Å². The first-order valence-corrected chi connectivity index (χ1v) is 7.37. The fourth-order valence-electron chi connectivity index (χ4n) is 2.24. The highest BCUT2D eigenvalue weighted by molar-refractivity contribution is 5.56. The van der Waals surface area contributed by atoms with Gasteiger partial charge in [-0.25, -0.2) is 18.4 Å². The van der Waals surface area contributed by atoms with Crippen molar-refractivity contribution >= 4 is 0 Å². The summed E-state index contributed by atoms with van der Waals surface area (Å²) < 4.78 is 33.5. The van der Waals surface area contributed by atoms with E-state index in [0.717, 1.165) is 5.56 Å². The fourth-order valence-corrected chi connectivity index (χ4v) is 2.24. The number of hydrogen-bond acceptors (Lipinski definition) is 4. The maximum absolute atomic E-state index is 14.1. The van der Waals surface area contributed by atoms with E-state index in [1.54, 1.807) is 31.3 Å². The minimum absolute atomic E-state index is 0.0999. The third-order valence-corrected chi connectivity index (χ3v) is 3.81. The van der Waals surface area contributed by atoms with Crippen LogP contribution in [-0.2, 0) is 12.7 Å². The number of nitrogens with zero attached hydrogens (tertiary/aromatic N) is 3. The van der Waals surface area contributed by atoms with E-state index < -0.39 is 5.67 Å². The summed E-state index contributed by atoms with van der Waals surface area (Å²) in [5, 5.41) is 4.27. The van der Waals surface area contributed by atoms with Crippen LogP contribution in [0.5, 0.6) is 5.75 Å². The number of hydrogen-bond donors (Lipinski definition) is 1. The summed E-state index contributed by atoms with van der Waals surface area (Å²) in [6.07, 6.45) is 1.45. The molecule has 1 saturated carbocycles. The van der Waals surface area contributed by atoms with E-state index in [-0.39, 0.29) is 13.2 Å². The van der Waals surface area contributed by atoms with Gasteiger partial charge in [0.2, 0.25) is 0 Å². The molecule has 2 aromatic rings. The number of alkyl halides is 1. The summed E-state index contributed by atoms with van der Waals surface area (Å²) in [7, 11) is 1.70. The van der Waals surface area contributed by atoms with Crippen molar-refractivity contribution in [3.8, 4) is 17.1 Å². The van der Waals surface area contributed by atoms with Crippen molar-refractivity contribution in [2.75, 3.05) is 13.2 Å². The fraction of sp³-hybridized carbons (Fsp3) is 0.375. The van der Waals surface area contributed by atoms with Crippen molar-refractivity contribution in [1.29, 1.82) is 0 Å². The van der Waals surface area contributed by atoms with Crippen LogP contribution in [0.3, 0.4) is 0 Å². The molecule has 3 rings (SSSR count). The van der Waals surface area contributed by atoms with Crippen LogP contribution in [0.2, 0.25) is 0 Å². The van der Waals surface area contributed by atoms with Crippen molar-refractivity contribution in [1.82, 2.24) is 14.8 Å². The molecule has 1 fully saturated rings. The maximum atomic E-state index is 14.1. The highest BCUT2D eigenvalue weighted by atomic mass is 19.1. The predicted octanol–water partition coefficient (Wildman–Crippen LogP) is 2.63. The zero-order valence-electron chi connectivity index (χ0n) is 12.8. The van der Waals surface area contributed by atoms with Crippen LogP contribution in [0.1, 0.15) is 18.7 Å². The van der Waals surface area contributed by atoms with Crippen LogP contribution in [0, 0.1) is 0 Å². The largest absolute Gasteiger partial charge is 0.489 e. The summed E-state index contributed by atoms with van der Waals surface area (Å²) in [4.78, 5) is 4.31. The molecule has 0 aliphatic heterocycles. The van der Waals surface area contributed by atoms with Gasteiger partial charge in [-0.2, -0.15) is 5.10 Å². The molecule has 0 bridgehead atoms. The van der Waals surface area contributed by atoms with E-state index in [4.69, 9.17) is 10.5 Å². The molecule has 2 N–H and O–H groups in total. The minimum Gasteiger partial charge on any atom is -0.489 e. The van der Waals surface area contributed by atoms with Crippen LogP contribution < -0.4 is 10.5 Å². The van der Waals surface area contributed by atoms with E-state index in [9.17, 15) is 8.78 Å². The molecular weight excluding hydrogens is 302 g/mol. The molecule has 1 heterocycles. The van der Waals surface area contributed by atoms with Crippen molar-refractivity contribution in [3.05, 3.63) is 42.0 Å². The van der Waals surface area contributed by atoms with Gasteiger partial charge in [-0.15, -0.1) is 0 Å². The van der Waals surface area contributed by atoms with Crippen LogP contribution in [0.15, 0.2) is 36.2 Å². The maximum Gasteiger partial charge on any atom is 0.181 e. The van der Waals surface area contributed by atoms with Gasteiger partial charge in [0.1, 0.15) is 12.4 Å². The summed E-state index contributed by atoms with van der Waals surface area (Å²) in [5.41, 5.74) is 5.19. The lowest BCUT2D eigenvalue weighted by Crippen LogP contribution is -2.10. The van der Waals surface area contributed by atoms with E-state index in [1.165, 1.54) is 4.68 Å². The van der Waals surface area contributed by atoms with Crippen LogP contribution >= 0.6 is 0 Å². The smallest absolute Gasteiger partial charge is 0.181 e. The second-order valence-corrected chi connectivity index (χ2v) is 5.63. The number of rotatable bonds is 6. The Morgan fingerprint density at radius 3 is 2.65 bits per heavy atom. The first kappa shape index (κ1) is 15.6. The molecule has 0 amide bonds. The summed E-state index contributed by atoms with van der Waals surface area (Å²) >= 11 is 0. The van der Waals surface area contributed by atoms with Gasteiger partial charge in [-0.1, -0.05) is 0 Å². The lowest BCUT2D eigenvalue weighted by atomic mass is 10.2. The van der Waals surface area contributed by atoms with Crippen molar-refractivity contribution in [2.45, 2.75) is 18.5 Å². The van der Waals surface area contributed by atoms with E-state index in [0.29, 0.717) is 42.1 Å². The zero-order chi connectivity index (χ0) is 16.4. The summed E-state index contributed by atoms with van der Waals surface area (Å²) in [5.74, 6) is 1.43.